The molecule has 1 saturated heterocycles. The van der Waals surface area contributed by atoms with Crippen LogP contribution in [-0.4, -0.2) is 42.3 Å². The number of hydrogen-bond acceptors (Lipinski definition) is 4. The van der Waals surface area contributed by atoms with Gasteiger partial charge in [-0.25, -0.2) is 4.79 Å². The van der Waals surface area contributed by atoms with E-state index in [1.54, 1.807) is 4.90 Å². The second kappa shape index (κ2) is 5.73. The molecule has 1 aromatic rings. The second-order valence-corrected chi connectivity index (χ2v) is 5.19. The van der Waals surface area contributed by atoms with Gasteiger partial charge < -0.3 is 19.5 Å². The minimum atomic E-state index is -1.01. The topological polar surface area (TPSA) is 76.1 Å². The van der Waals surface area contributed by atoms with Crippen LogP contribution in [0.5, 0.6) is 5.75 Å². The van der Waals surface area contributed by atoms with E-state index in [4.69, 9.17) is 14.6 Å². The molecule has 1 aromatic carbocycles. The Labute approximate surface area is 122 Å². The number of carbonyl (C=O) groups is 2. The summed E-state index contributed by atoms with van der Waals surface area (Å²) in [4.78, 5) is 25.2. The van der Waals surface area contributed by atoms with E-state index in [9.17, 15) is 9.59 Å². The molecule has 2 aliphatic rings. The van der Waals surface area contributed by atoms with E-state index in [0.717, 1.165) is 12.1 Å². The Morgan fingerprint density at radius 1 is 1.19 bits per heavy atom. The Kier molecular flexibility index (Phi) is 3.79. The van der Waals surface area contributed by atoms with Crippen molar-refractivity contribution in [1.29, 1.82) is 0 Å². The van der Waals surface area contributed by atoms with Crippen molar-refractivity contribution in [3.8, 4) is 5.75 Å². The predicted octanol–water partition coefficient (Wildman–Crippen LogP) is 1.43. The maximum atomic E-state index is 12.6. The maximum absolute atomic E-state index is 12.6. The van der Waals surface area contributed by atoms with Crippen molar-refractivity contribution in [2.75, 3.05) is 18.1 Å². The van der Waals surface area contributed by atoms with Crippen molar-refractivity contribution in [3.05, 3.63) is 24.3 Å². The van der Waals surface area contributed by atoms with Crippen LogP contribution in [0.2, 0.25) is 0 Å². The van der Waals surface area contributed by atoms with Crippen LogP contribution in [0.15, 0.2) is 24.3 Å². The largest absolute Gasteiger partial charge is 0.491 e. The van der Waals surface area contributed by atoms with Crippen molar-refractivity contribution in [2.45, 2.75) is 31.5 Å². The molecule has 6 heteroatoms. The van der Waals surface area contributed by atoms with E-state index in [0.29, 0.717) is 31.7 Å². The Hall–Kier alpha value is -2.08. The standard InChI is InChI=1S/C15H17NO5/c17-14(12-6-7-13(21-12)15(18)19)16-8-3-9-20-11-5-2-1-4-10(11)16/h1-2,4-5,12-13H,3,6-9H2,(H,18,19). The highest BCUT2D eigenvalue weighted by atomic mass is 16.5. The van der Waals surface area contributed by atoms with Crippen LogP contribution in [0.3, 0.4) is 0 Å². The molecule has 2 unspecified atom stereocenters. The molecule has 6 nitrogen and oxygen atoms in total. The summed E-state index contributed by atoms with van der Waals surface area (Å²) in [6, 6.07) is 7.38. The van der Waals surface area contributed by atoms with Crippen LogP contribution < -0.4 is 9.64 Å². The number of anilines is 1. The summed E-state index contributed by atoms with van der Waals surface area (Å²) < 4.78 is 11.0. The number of rotatable bonds is 2. The highest BCUT2D eigenvalue weighted by Gasteiger charge is 2.38. The number of aliphatic carboxylic acids is 1. The summed E-state index contributed by atoms with van der Waals surface area (Å²) >= 11 is 0. The molecule has 0 aliphatic carbocycles. The van der Waals surface area contributed by atoms with Crippen molar-refractivity contribution in [3.63, 3.8) is 0 Å². The third-order valence-electron chi connectivity index (χ3n) is 3.78. The van der Waals surface area contributed by atoms with Gasteiger partial charge in [0.05, 0.1) is 12.3 Å². The zero-order chi connectivity index (χ0) is 14.8. The van der Waals surface area contributed by atoms with Gasteiger partial charge in [0.2, 0.25) is 0 Å². The average molecular weight is 291 g/mol. The molecular weight excluding hydrogens is 274 g/mol. The first kappa shape index (κ1) is 13.9. The van der Waals surface area contributed by atoms with Crippen LogP contribution >= 0.6 is 0 Å². The number of carboxylic acid groups (broad SMARTS) is 1. The Balaban J connectivity index is 1.80. The van der Waals surface area contributed by atoms with Crippen LogP contribution in [0, 0.1) is 0 Å². The van der Waals surface area contributed by atoms with Crippen molar-refractivity contribution in [1.82, 2.24) is 0 Å². The smallest absolute Gasteiger partial charge is 0.332 e. The fourth-order valence-electron chi connectivity index (χ4n) is 2.73. The van der Waals surface area contributed by atoms with Crippen LogP contribution in [0.25, 0.3) is 0 Å². The second-order valence-electron chi connectivity index (χ2n) is 5.19. The van der Waals surface area contributed by atoms with Gasteiger partial charge in [0.25, 0.3) is 5.91 Å². The lowest BCUT2D eigenvalue weighted by atomic mass is 10.1. The van der Waals surface area contributed by atoms with E-state index in [-0.39, 0.29) is 5.91 Å². The fraction of sp³-hybridized carbons (Fsp3) is 0.467. The summed E-state index contributed by atoms with van der Waals surface area (Å²) in [6.45, 7) is 1.11. The highest BCUT2D eigenvalue weighted by molar-refractivity contribution is 5.98. The fourth-order valence-corrected chi connectivity index (χ4v) is 2.73. The van der Waals surface area contributed by atoms with E-state index >= 15 is 0 Å². The molecule has 0 aromatic heterocycles. The van der Waals surface area contributed by atoms with Gasteiger partial charge in [0, 0.05) is 6.54 Å². The number of nitrogens with zero attached hydrogens (tertiary/aromatic N) is 1. The minimum Gasteiger partial charge on any atom is -0.491 e. The zero-order valence-electron chi connectivity index (χ0n) is 11.5. The molecule has 1 fully saturated rings. The molecule has 2 aliphatic heterocycles. The number of para-hydroxylation sites is 2. The number of benzene rings is 1. The molecule has 21 heavy (non-hydrogen) atoms. The summed E-state index contributed by atoms with van der Waals surface area (Å²) in [7, 11) is 0. The van der Waals surface area contributed by atoms with Crippen molar-refractivity contribution in [2.24, 2.45) is 0 Å². The lowest BCUT2D eigenvalue weighted by Crippen LogP contribution is -2.40. The molecular formula is C15H17NO5. The van der Waals surface area contributed by atoms with Gasteiger partial charge in [-0.05, 0) is 31.4 Å². The van der Waals surface area contributed by atoms with Gasteiger partial charge in [-0.1, -0.05) is 12.1 Å². The van der Waals surface area contributed by atoms with E-state index < -0.39 is 18.2 Å². The third-order valence-corrected chi connectivity index (χ3v) is 3.78. The van der Waals surface area contributed by atoms with Gasteiger partial charge in [0.15, 0.2) is 6.10 Å². The number of carboxylic acids is 1. The molecule has 1 amide bonds. The van der Waals surface area contributed by atoms with Crippen molar-refractivity contribution >= 4 is 17.6 Å². The molecule has 3 rings (SSSR count). The van der Waals surface area contributed by atoms with Crippen LogP contribution in [0.4, 0.5) is 5.69 Å². The molecule has 0 radical (unpaired) electrons. The first-order valence-corrected chi connectivity index (χ1v) is 7.08. The van der Waals surface area contributed by atoms with Gasteiger partial charge in [-0.15, -0.1) is 0 Å². The summed E-state index contributed by atoms with van der Waals surface area (Å²) in [5.41, 5.74) is 0.724. The number of fused-ring (bicyclic) bond motifs is 1. The summed E-state index contributed by atoms with van der Waals surface area (Å²) in [5, 5.41) is 8.96. The number of carbonyl (C=O) groups excluding carboxylic acids is 1. The monoisotopic (exact) mass is 291 g/mol. The average Bonchev–Trinajstić information content (AvgIpc) is 2.88. The minimum absolute atomic E-state index is 0.184. The lowest BCUT2D eigenvalue weighted by Gasteiger charge is -2.24. The molecule has 2 heterocycles. The molecule has 0 saturated carbocycles. The van der Waals surface area contributed by atoms with Gasteiger partial charge in [0.1, 0.15) is 11.9 Å². The molecule has 1 N–H and O–H groups in total. The van der Waals surface area contributed by atoms with Crippen molar-refractivity contribution < 1.29 is 24.2 Å². The van der Waals surface area contributed by atoms with Gasteiger partial charge in [-0.2, -0.15) is 0 Å². The predicted molar refractivity (Wildman–Crippen MR) is 74.4 cm³/mol. The first-order valence-electron chi connectivity index (χ1n) is 7.08. The number of ether oxygens (including phenoxy) is 2. The molecule has 0 bridgehead atoms. The molecule has 2 atom stereocenters. The van der Waals surface area contributed by atoms with Gasteiger partial charge >= 0.3 is 5.97 Å². The zero-order valence-corrected chi connectivity index (χ0v) is 11.5. The Morgan fingerprint density at radius 3 is 2.71 bits per heavy atom. The van der Waals surface area contributed by atoms with Crippen LogP contribution in [-0.2, 0) is 14.3 Å². The van der Waals surface area contributed by atoms with Crippen LogP contribution in [0.1, 0.15) is 19.3 Å². The Bertz CT molecular complexity index is 559. The number of amides is 1. The highest BCUT2D eigenvalue weighted by Crippen LogP contribution is 2.32. The van der Waals surface area contributed by atoms with Gasteiger partial charge in [-0.3, -0.25) is 4.79 Å². The summed E-state index contributed by atoms with van der Waals surface area (Å²) in [6.07, 6.45) is -0.0163. The summed E-state index contributed by atoms with van der Waals surface area (Å²) in [5.74, 6) is -0.516. The third kappa shape index (κ3) is 2.71. The van der Waals surface area contributed by atoms with E-state index in [1.807, 2.05) is 24.3 Å². The normalized spacial score (nSPS) is 24.9. The lowest BCUT2D eigenvalue weighted by molar-refractivity contribution is -0.151. The van der Waals surface area contributed by atoms with E-state index in [1.165, 1.54) is 0 Å². The number of hydrogen-bond donors (Lipinski definition) is 1. The first-order chi connectivity index (χ1) is 10.2. The SMILES string of the molecule is O=C(O)C1CCC(C(=O)N2CCCOc3ccccc32)O1. The quantitative estimate of drug-likeness (QED) is 0.892. The molecule has 0 spiro atoms. The van der Waals surface area contributed by atoms with E-state index in [2.05, 4.69) is 0 Å². The Morgan fingerprint density at radius 2 is 1.95 bits per heavy atom. The maximum Gasteiger partial charge on any atom is 0.332 e. The molecule has 112 valence electrons.